The van der Waals surface area contributed by atoms with Crippen molar-refractivity contribution in [1.82, 2.24) is 0 Å². The van der Waals surface area contributed by atoms with Crippen molar-refractivity contribution in [2.75, 3.05) is 14.2 Å². The van der Waals surface area contributed by atoms with Crippen LogP contribution in [-0.2, 0) is 0 Å². The lowest BCUT2D eigenvalue weighted by atomic mass is 9.87. The number of phenolic OH excluding ortho intramolecular Hbond substituents is 1. The average molecular weight is 332 g/mol. The number of hydrogen-bond acceptors (Lipinski definition) is 4. The predicted molar refractivity (Wildman–Crippen MR) is 97.5 cm³/mol. The van der Waals surface area contributed by atoms with Crippen LogP contribution in [0.4, 0.5) is 0 Å². The highest BCUT2D eigenvalue weighted by molar-refractivity contribution is 6.23. The summed E-state index contributed by atoms with van der Waals surface area (Å²) in [6.07, 6.45) is 3.38. The summed E-state index contributed by atoms with van der Waals surface area (Å²) >= 11 is 0. The summed E-state index contributed by atoms with van der Waals surface area (Å²) in [6.45, 7) is 0. The minimum Gasteiger partial charge on any atom is -0.508 e. The molecule has 0 spiro atoms. The highest BCUT2D eigenvalue weighted by Crippen LogP contribution is 2.46. The van der Waals surface area contributed by atoms with Gasteiger partial charge in [-0.25, -0.2) is 0 Å². The van der Waals surface area contributed by atoms with E-state index in [0.29, 0.717) is 17.1 Å². The Hall–Kier alpha value is -3.27. The van der Waals surface area contributed by atoms with Crippen molar-refractivity contribution in [1.29, 1.82) is 0 Å². The largest absolute Gasteiger partial charge is 0.508 e. The molecule has 4 heteroatoms. The van der Waals surface area contributed by atoms with Crippen LogP contribution >= 0.6 is 0 Å². The van der Waals surface area contributed by atoms with Gasteiger partial charge < -0.3 is 14.6 Å². The number of carbonyl (C=O) groups is 1. The lowest BCUT2D eigenvalue weighted by Gasteiger charge is -2.20. The van der Waals surface area contributed by atoms with Crippen LogP contribution in [-0.4, -0.2) is 25.1 Å². The SMILES string of the molecule is COc1cc2c3c(ccc(-c4ccc(O)cc4)c3c1OC)C(=O)C=C2. The second-order valence-corrected chi connectivity index (χ2v) is 5.86. The maximum Gasteiger partial charge on any atom is 0.186 e. The second kappa shape index (κ2) is 5.67. The molecule has 3 aromatic rings. The third-order valence-corrected chi connectivity index (χ3v) is 4.51. The summed E-state index contributed by atoms with van der Waals surface area (Å²) in [5.41, 5.74) is 3.40. The summed E-state index contributed by atoms with van der Waals surface area (Å²) in [5.74, 6) is 1.38. The summed E-state index contributed by atoms with van der Waals surface area (Å²) in [7, 11) is 3.19. The molecule has 0 fully saturated rings. The minimum atomic E-state index is -0.0259. The van der Waals surface area contributed by atoms with Crippen molar-refractivity contribution in [2.45, 2.75) is 0 Å². The highest BCUT2D eigenvalue weighted by atomic mass is 16.5. The Morgan fingerprint density at radius 3 is 2.24 bits per heavy atom. The number of ether oxygens (including phenoxy) is 2. The molecule has 0 saturated heterocycles. The predicted octanol–water partition coefficient (Wildman–Crippen LogP) is 4.44. The van der Waals surface area contributed by atoms with Crippen molar-refractivity contribution in [3.8, 4) is 28.4 Å². The fourth-order valence-corrected chi connectivity index (χ4v) is 3.37. The highest BCUT2D eigenvalue weighted by Gasteiger charge is 2.23. The Morgan fingerprint density at radius 2 is 1.56 bits per heavy atom. The monoisotopic (exact) mass is 332 g/mol. The van der Waals surface area contributed by atoms with Crippen molar-refractivity contribution in [2.24, 2.45) is 0 Å². The van der Waals surface area contributed by atoms with Crippen LogP contribution in [0.3, 0.4) is 0 Å². The van der Waals surface area contributed by atoms with Gasteiger partial charge in [-0.15, -0.1) is 0 Å². The molecule has 3 aromatic carbocycles. The molecule has 124 valence electrons. The fraction of sp³-hybridized carbons (Fsp3) is 0.0952. The normalized spacial score (nSPS) is 12.5. The molecule has 0 aromatic heterocycles. The molecule has 0 heterocycles. The molecule has 0 atom stereocenters. The molecule has 4 nitrogen and oxygen atoms in total. The Bertz CT molecular complexity index is 1030. The molecule has 1 aliphatic rings. The molecule has 0 radical (unpaired) electrons. The van der Waals surface area contributed by atoms with Crippen LogP contribution in [0.1, 0.15) is 15.9 Å². The van der Waals surface area contributed by atoms with Gasteiger partial charge >= 0.3 is 0 Å². The zero-order valence-corrected chi connectivity index (χ0v) is 13.9. The van der Waals surface area contributed by atoms with E-state index < -0.39 is 0 Å². The molecular formula is C21H16O4. The van der Waals surface area contributed by atoms with Crippen LogP contribution < -0.4 is 9.47 Å². The number of carbonyl (C=O) groups excluding carboxylic acids is 1. The van der Waals surface area contributed by atoms with E-state index in [1.54, 1.807) is 38.5 Å². The van der Waals surface area contributed by atoms with Crippen LogP contribution in [0, 0.1) is 0 Å². The Balaban J connectivity index is 2.17. The van der Waals surface area contributed by atoms with Crippen LogP contribution in [0.5, 0.6) is 17.2 Å². The first kappa shape index (κ1) is 15.3. The van der Waals surface area contributed by atoms with Crippen LogP contribution in [0.25, 0.3) is 28.0 Å². The van der Waals surface area contributed by atoms with E-state index in [1.165, 1.54) is 0 Å². The lowest BCUT2D eigenvalue weighted by Crippen LogP contribution is -2.04. The van der Waals surface area contributed by atoms with Gasteiger partial charge in [0.1, 0.15) is 5.75 Å². The molecular weight excluding hydrogens is 316 g/mol. The van der Waals surface area contributed by atoms with Crippen molar-refractivity contribution in [3.63, 3.8) is 0 Å². The first-order valence-corrected chi connectivity index (χ1v) is 7.87. The Kier molecular flexibility index (Phi) is 3.46. The molecule has 25 heavy (non-hydrogen) atoms. The van der Waals surface area contributed by atoms with E-state index in [0.717, 1.165) is 27.5 Å². The van der Waals surface area contributed by atoms with Gasteiger partial charge in [0.05, 0.1) is 14.2 Å². The minimum absolute atomic E-state index is 0.0259. The third kappa shape index (κ3) is 2.26. The van der Waals surface area contributed by atoms with Gasteiger partial charge in [0, 0.05) is 16.3 Å². The average Bonchev–Trinajstić information content (AvgIpc) is 2.64. The topological polar surface area (TPSA) is 55.8 Å². The molecule has 0 unspecified atom stereocenters. The molecule has 4 rings (SSSR count). The Morgan fingerprint density at radius 1 is 0.840 bits per heavy atom. The van der Waals surface area contributed by atoms with E-state index in [4.69, 9.17) is 9.47 Å². The van der Waals surface area contributed by atoms with Gasteiger partial charge in [0.2, 0.25) is 0 Å². The molecule has 0 aliphatic heterocycles. The first-order valence-electron chi connectivity index (χ1n) is 7.87. The number of methoxy groups -OCH3 is 2. The summed E-state index contributed by atoms with van der Waals surface area (Å²) < 4.78 is 11.1. The molecule has 0 bridgehead atoms. The smallest absolute Gasteiger partial charge is 0.186 e. The summed E-state index contributed by atoms with van der Waals surface area (Å²) in [6, 6.07) is 12.6. The van der Waals surface area contributed by atoms with Crippen molar-refractivity contribution < 1.29 is 19.4 Å². The Labute approximate surface area is 144 Å². The standard InChI is InChI=1S/C21H16O4/c1-24-18-11-13-5-10-17(23)16-9-8-15(12-3-6-14(22)7-4-12)20(19(13)16)21(18)25-2/h3-11,22H,1-2H3. The van der Waals surface area contributed by atoms with Gasteiger partial charge in [-0.3, -0.25) is 4.79 Å². The second-order valence-electron chi connectivity index (χ2n) is 5.86. The maximum absolute atomic E-state index is 12.3. The van der Waals surface area contributed by atoms with Gasteiger partial charge in [0.25, 0.3) is 0 Å². The van der Waals surface area contributed by atoms with Crippen molar-refractivity contribution in [3.05, 3.63) is 59.7 Å². The number of hydrogen-bond donors (Lipinski definition) is 1. The van der Waals surface area contributed by atoms with Gasteiger partial charge in [-0.05, 0) is 47.0 Å². The van der Waals surface area contributed by atoms with E-state index in [2.05, 4.69) is 0 Å². The number of phenols is 1. The maximum atomic E-state index is 12.3. The van der Waals surface area contributed by atoms with Gasteiger partial charge in [-0.2, -0.15) is 0 Å². The summed E-state index contributed by atoms with van der Waals surface area (Å²) in [4.78, 5) is 12.3. The summed E-state index contributed by atoms with van der Waals surface area (Å²) in [5, 5.41) is 11.3. The fourth-order valence-electron chi connectivity index (χ4n) is 3.37. The van der Waals surface area contributed by atoms with E-state index in [-0.39, 0.29) is 11.5 Å². The zero-order valence-electron chi connectivity index (χ0n) is 13.9. The number of rotatable bonds is 3. The number of allylic oxidation sites excluding steroid dienone is 1. The third-order valence-electron chi connectivity index (χ3n) is 4.51. The van der Waals surface area contributed by atoms with Gasteiger partial charge in [0.15, 0.2) is 17.3 Å². The lowest BCUT2D eigenvalue weighted by molar-refractivity contribution is 0.104. The number of benzene rings is 3. The van der Waals surface area contributed by atoms with E-state index in [9.17, 15) is 9.90 Å². The van der Waals surface area contributed by atoms with Crippen LogP contribution in [0.15, 0.2) is 48.5 Å². The molecule has 1 N–H and O–H groups in total. The quantitative estimate of drug-likeness (QED) is 0.770. The van der Waals surface area contributed by atoms with Gasteiger partial charge in [-0.1, -0.05) is 24.3 Å². The first-order chi connectivity index (χ1) is 12.1. The van der Waals surface area contributed by atoms with E-state index >= 15 is 0 Å². The molecule has 1 aliphatic carbocycles. The molecule has 0 amide bonds. The molecule has 0 saturated carbocycles. The number of ketones is 1. The van der Waals surface area contributed by atoms with Crippen LogP contribution in [0.2, 0.25) is 0 Å². The zero-order chi connectivity index (χ0) is 17.6. The van der Waals surface area contributed by atoms with Crippen molar-refractivity contribution >= 4 is 22.6 Å². The number of aromatic hydroxyl groups is 1. The van der Waals surface area contributed by atoms with E-state index in [1.807, 2.05) is 30.3 Å².